The van der Waals surface area contributed by atoms with E-state index in [1.807, 2.05) is 20.8 Å². The first-order valence-electron chi connectivity index (χ1n) is 12.0. The molecule has 0 bridgehead atoms. The summed E-state index contributed by atoms with van der Waals surface area (Å²) in [5.74, 6) is 0.578. The van der Waals surface area contributed by atoms with Crippen molar-refractivity contribution in [2.24, 2.45) is 0 Å². The van der Waals surface area contributed by atoms with Gasteiger partial charge in [-0.25, -0.2) is 13.9 Å². The third-order valence-corrected chi connectivity index (χ3v) is 5.86. The summed E-state index contributed by atoms with van der Waals surface area (Å²) in [6.07, 6.45) is 1.50. The van der Waals surface area contributed by atoms with E-state index in [2.05, 4.69) is 20.7 Å². The Bertz CT molecular complexity index is 1510. The highest BCUT2D eigenvalue weighted by Gasteiger charge is 2.22. The fourth-order valence-electron chi connectivity index (χ4n) is 3.49. The zero-order valence-electron chi connectivity index (χ0n) is 22.1. The highest BCUT2D eigenvalue weighted by Crippen LogP contribution is 2.28. The summed E-state index contributed by atoms with van der Waals surface area (Å²) in [4.78, 5) is 30.5. The van der Waals surface area contributed by atoms with Crippen molar-refractivity contribution >= 4 is 35.0 Å². The van der Waals surface area contributed by atoms with Gasteiger partial charge >= 0.3 is 6.03 Å². The van der Waals surface area contributed by atoms with Crippen LogP contribution in [0.15, 0.2) is 66.9 Å². The summed E-state index contributed by atoms with van der Waals surface area (Å²) in [5, 5.41) is 10.1. The number of rotatable bonds is 6. The van der Waals surface area contributed by atoms with Crippen LogP contribution in [0, 0.1) is 5.82 Å². The molecular formula is C28H28ClFN6O3. The Morgan fingerprint density at radius 2 is 1.69 bits per heavy atom. The Kier molecular flexibility index (Phi) is 7.87. The molecule has 0 fully saturated rings. The summed E-state index contributed by atoms with van der Waals surface area (Å²) >= 11 is 5.98. The number of anilines is 2. The van der Waals surface area contributed by atoms with E-state index in [-0.39, 0.29) is 22.0 Å². The maximum absolute atomic E-state index is 13.7. The number of carbonyl (C=O) groups excluding carboxylic acids is 2. The van der Waals surface area contributed by atoms with Crippen molar-refractivity contribution in [2.45, 2.75) is 26.2 Å². The molecule has 4 rings (SSSR count). The largest absolute Gasteiger partial charge is 0.457 e. The lowest BCUT2D eigenvalue weighted by Crippen LogP contribution is -2.22. The van der Waals surface area contributed by atoms with Gasteiger partial charge in [0.25, 0.3) is 5.91 Å². The van der Waals surface area contributed by atoms with Crippen LogP contribution in [-0.4, -0.2) is 45.7 Å². The van der Waals surface area contributed by atoms with Crippen LogP contribution in [-0.2, 0) is 5.41 Å². The van der Waals surface area contributed by atoms with E-state index in [1.54, 1.807) is 56.6 Å². The van der Waals surface area contributed by atoms with Gasteiger partial charge in [-0.2, -0.15) is 5.10 Å². The predicted octanol–water partition coefficient (Wildman–Crippen LogP) is 6.50. The molecule has 9 nitrogen and oxygen atoms in total. The number of amides is 3. The lowest BCUT2D eigenvalue weighted by Gasteiger charge is -2.14. The molecule has 2 aromatic carbocycles. The van der Waals surface area contributed by atoms with Crippen molar-refractivity contribution in [3.8, 4) is 17.2 Å². The molecule has 0 aliphatic heterocycles. The van der Waals surface area contributed by atoms with Crippen LogP contribution in [0.2, 0.25) is 5.02 Å². The second-order valence-electron chi connectivity index (χ2n) is 9.96. The molecule has 0 spiro atoms. The number of carbonyl (C=O) groups is 2. The fourth-order valence-corrected chi connectivity index (χ4v) is 3.67. The molecule has 3 amide bonds. The van der Waals surface area contributed by atoms with Crippen LogP contribution < -0.4 is 15.4 Å². The van der Waals surface area contributed by atoms with Gasteiger partial charge in [-0.3, -0.25) is 15.1 Å². The number of hydrogen-bond acceptors (Lipinski definition) is 5. The van der Waals surface area contributed by atoms with E-state index < -0.39 is 11.8 Å². The number of hydrogen-bond donors (Lipinski definition) is 2. The van der Waals surface area contributed by atoms with Crippen LogP contribution in [0.5, 0.6) is 11.5 Å². The van der Waals surface area contributed by atoms with Gasteiger partial charge in [-0.1, -0.05) is 32.4 Å². The van der Waals surface area contributed by atoms with Crippen molar-refractivity contribution in [3.63, 3.8) is 0 Å². The molecular weight excluding hydrogens is 523 g/mol. The molecule has 39 heavy (non-hydrogen) atoms. The minimum absolute atomic E-state index is 0.0506. The van der Waals surface area contributed by atoms with Gasteiger partial charge in [0.05, 0.1) is 16.4 Å². The number of nitrogens with one attached hydrogen (secondary N) is 2. The first kappa shape index (κ1) is 27.6. The number of benzene rings is 2. The van der Waals surface area contributed by atoms with E-state index in [4.69, 9.17) is 16.3 Å². The summed E-state index contributed by atoms with van der Waals surface area (Å²) in [6, 6.07) is 15.4. The average Bonchev–Trinajstić information content (AvgIpc) is 3.31. The lowest BCUT2D eigenvalue weighted by atomic mass is 9.92. The third-order valence-electron chi connectivity index (χ3n) is 5.57. The zero-order valence-corrected chi connectivity index (χ0v) is 22.9. The van der Waals surface area contributed by atoms with E-state index in [0.717, 1.165) is 5.69 Å². The molecule has 2 heterocycles. The molecule has 202 valence electrons. The third kappa shape index (κ3) is 6.71. The molecule has 0 aliphatic rings. The summed E-state index contributed by atoms with van der Waals surface area (Å²) < 4.78 is 21.1. The monoisotopic (exact) mass is 550 g/mol. The molecule has 0 atom stereocenters. The van der Waals surface area contributed by atoms with Crippen LogP contribution in [0.25, 0.3) is 5.69 Å². The summed E-state index contributed by atoms with van der Waals surface area (Å²) in [7, 11) is 3.30. The van der Waals surface area contributed by atoms with E-state index in [0.29, 0.717) is 28.7 Å². The Labute approximate surface area is 230 Å². The van der Waals surface area contributed by atoms with Crippen molar-refractivity contribution in [1.82, 2.24) is 19.7 Å². The number of pyridine rings is 1. The predicted molar refractivity (Wildman–Crippen MR) is 149 cm³/mol. The Morgan fingerprint density at radius 3 is 2.33 bits per heavy atom. The van der Waals surface area contributed by atoms with Gasteiger partial charge in [0.1, 0.15) is 28.8 Å². The molecule has 11 heteroatoms. The molecule has 2 N–H and O–H groups in total. The van der Waals surface area contributed by atoms with Crippen molar-refractivity contribution in [1.29, 1.82) is 0 Å². The highest BCUT2D eigenvalue weighted by atomic mass is 35.5. The van der Waals surface area contributed by atoms with E-state index >= 15 is 0 Å². The number of aromatic nitrogens is 3. The Hall–Kier alpha value is -4.44. The van der Waals surface area contributed by atoms with Crippen molar-refractivity contribution < 1.29 is 18.7 Å². The SMILES string of the molecule is CN(C)C(=O)c1cc(Oc2ccc(NC(=O)Nc3cc(C(C)(C)C)nn3-c3ccc(F)c(Cl)c3)cc2)ccn1. The number of urea groups is 1. The van der Waals surface area contributed by atoms with Gasteiger partial charge in [0, 0.05) is 43.5 Å². The standard InChI is InChI=1S/C28H28ClFN6O3/c1-28(2,3)24-16-25(36(34-24)18-8-11-22(30)21(29)14-18)33-27(38)32-17-6-9-19(10-7-17)39-20-12-13-31-23(15-20)26(37)35(4)5/h6-16H,1-5H3,(H2,32,33,38). The van der Waals surface area contributed by atoms with Crippen LogP contribution >= 0.6 is 11.6 Å². The fraction of sp³-hybridized carbons (Fsp3) is 0.214. The Morgan fingerprint density at radius 1 is 0.974 bits per heavy atom. The second-order valence-corrected chi connectivity index (χ2v) is 10.4. The summed E-state index contributed by atoms with van der Waals surface area (Å²) in [6.45, 7) is 5.99. The van der Waals surface area contributed by atoms with Crippen LogP contribution in [0.3, 0.4) is 0 Å². The Balaban J connectivity index is 1.47. The zero-order chi connectivity index (χ0) is 28.3. The minimum Gasteiger partial charge on any atom is -0.457 e. The van der Waals surface area contributed by atoms with Gasteiger partial charge in [0.15, 0.2) is 0 Å². The number of nitrogens with zero attached hydrogens (tertiary/aromatic N) is 4. The lowest BCUT2D eigenvalue weighted by molar-refractivity contribution is 0.0821. The maximum Gasteiger partial charge on any atom is 0.324 e. The molecule has 0 unspecified atom stereocenters. The first-order valence-corrected chi connectivity index (χ1v) is 12.4. The molecule has 4 aromatic rings. The normalized spacial score (nSPS) is 11.2. The highest BCUT2D eigenvalue weighted by molar-refractivity contribution is 6.30. The average molecular weight is 551 g/mol. The molecule has 0 radical (unpaired) electrons. The minimum atomic E-state index is -0.547. The summed E-state index contributed by atoms with van der Waals surface area (Å²) in [5.41, 5.74) is 1.72. The molecule has 0 aliphatic carbocycles. The van der Waals surface area contributed by atoms with E-state index in [1.165, 1.54) is 34.0 Å². The van der Waals surface area contributed by atoms with Gasteiger partial charge in [-0.05, 0) is 48.5 Å². The second kappa shape index (κ2) is 11.1. The van der Waals surface area contributed by atoms with Gasteiger partial charge in [-0.15, -0.1) is 0 Å². The van der Waals surface area contributed by atoms with Crippen LogP contribution in [0.4, 0.5) is 20.7 Å². The molecule has 0 saturated carbocycles. The van der Waals surface area contributed by atoms with Gasteiger partial charge in [0.2, 0.25) is 0 Å². The maximum atomic E-state index is 13.7. The van der Waals surface area contributed by atoms with Crippen molar-refractivity contribution in [2.75, 3.05) is 24.7 Å². The molecule has 2 aromatic heterocycles. The smallest absolute Gasteiger partial charge is 0.324 e. The van der Waals surface area contributed by atoms with Crippen molar-refractivity contribution in [3.05, 3.63) is 89.1 Å². The number of ether oxygens (including phenoxy) is 1. The van der Waals surface area contributed by atoms with Crippen LogP contribution in [0.1, 0.15) is 37.0 Å². The van der Waals surface area contributed by atoms with Gasteiger partial charge < -0.3 is 15.0 Å². The molecule has 0 saturated heterocycles. The topological polar surface area (TPSA) is 101 Å². The first-order chi connectivity index (χ1) is 18.4. The number of halogens is 2. The van der Waals surface area contributed by atoms with E-state index in [9.17, 15) is 14.0 Å². The quantitative estimate of drug-likeness (QED) is 0.285.